The van der Waals surface area contributed by atoms with Crippen molar-refractivity contribution in [2.75, 3.05) is 0 Å². The van der Waals surface area contributed by atoms with Gasteiger partial charge < -0.3 is 0 Å². The van der Waals surface area contributed by atoms with Crippen molar-refractivity contribution < 1.29 is 4.79 Å². The first-order chi connectivity index (χ1) is 8.10. The summed E-state index contributed by atoms with van der Waals surface area (Å²) in [7, 11) is 0. The average molecular weight is 394 g/mol. The molecule has 2 aromatic rings. The van der Waals surface area contributed by atoms with E-state index in [-0.39, 0.29) is 5.78 Å². The Morgan fingerprint density at radius 2 is 1.94 bits per heavy atom. The van der Waals surface area contributed by atoms with Crippen molar-refractivity contribution in [3.63, 3.8) is 0 Å². The van der Waals surface area contributed by atoms with Crippen molar-refractivity contribution in [2.24, 2.45) is 0 Å². The molecule has 2 rings (SSSR count). The number of aryl methyl sites for hydroxylation is 1. The lowest BCUT2D eigenvalue weighted by molar-refractivity contribution is 0.0997. The molecule has 90 valence electrons. The lowest BCUT2D eigenvalue weighted by Crippen LogP contribution is -1.98. The molecule has 0 fully saturated rings. The average Bonchev–Trinajstić information content (AvgIpc) is 2.87. The fraction of sp³-hybridized carbons (Fsp3) is 0.250. The largest absolute Gasteiger partial charge is 0.293 e. The van der Waals surface area contributed by atoms with Gasteiger partial charge in [-0.1, -0.05) is 6.92 Å². The standard InChI is InChI=1S/C12H10Br2OS2/c1-2-7-3-4-8(16-7)5-10(15)11-6-9(13)12(14)17-11/h3-4,6H,2,5H2,1H3. The van der Waals surface area contributed by atoms with Crippen molar-refractivity contribution in [2.45, 2.75) is 19.8 Å². The van der Waals surface area contributed by atoms with E-state index < -0.39 is 0 Å². The number of thiophene rings is 2. The molecule has 2 heterocycles. The third-order valence-corrected chi connectivity index (χ3v) is 6.85. The van der Waals surface area contributed by atoms with Crippen LogP contribution in [0.25, 0.3) is 0 Å². The third-order valence-electron chi connectivity index (χ3n) is 2.32. The van der Waals surface area contributed by atoms with Gasteiger partial charge in [-0.3, -0.25) is 4.79 Å². The summed E-state index contributed by atoms with van der Waals surface area (Å²) in [6, 6.07) is 6.04. The minimum Gasteiger partial charge on any atom is -0.293 e. The van der Waals surface area contributed by atoms with Gasteiger partial charge >= 0.3 is 0 Å². The van der Waals surface area contributed by atoms with Crippen LogP contribution in [0.4, 0.5) is 0 Å². The van der Waals surface area contributed by atoms with Crippen LogP contribution in [0.2, 0.25) is 0 Å². The molecule has 0 aliphatic carbocycles. The Balaban J connectivity index is 2.11. The molecular weight excluding hydrogens is 384 g/mol. The van der Waals surface area contributed by atoms with Gasteiger partial charge in [0.15, 0.2) is 5.78 Å². The molecule has 17 heavy (non-hydrogen) atoms. The highest BCUT2D eigenvalue weighted by Crippen LogP contribution is 2.33. The Labute approximate surface area is 125 Å². The number of halogens is 2. The van der Waals surface area contributed by atoms with E-state index >= 15 is 0 Å². The molecule has 0 aliphatic heterocycles. The maximum absolute atomic E-state index is 12.1. The Morgan fingerprint density at radius 1 is 1.24 bits per heavy atom. The summed E-state index contributed by atoms with van der Waals surface area (Å²) in [5, 5.41) is 0. The summed E-state index contributed by atoms with van der Waals surface area (Å²) in [5.74, 6) is 0.186. The van der Waals surface area contributed by atoms with Crippen molar-refractivity contribution in [3.8, 4) is 0 Å². The number of hydrogen-bond acceptors (Lipinski definition) is 3. The molecule has 0 unspecified atom stereocenters. The predicted molar refractivity (Wildman–Crippen MR) is 81.5 cm³/mol. The Hall–Kier alpha value is 0.0300. The fourth-order valence-electron chi connectivity index (χ4n) is 1.44. The Kier molecular flexibility index (Phi) is 4.58. The lowest BCUT2D eigenvalue weighted by atomic mass is 10.2. The maximum atomic E-state index is 12.1. The molecule has 5 heteroatoms. The van der Waals surface area contributed by atoms with Crippen molar-refractivity contribution in [3.05, 3.63) is 41.1 Å². The molecular formula is C12H10Br2OS2. The molecule has 0 atom stereocenters. The molecule has 0 N–H and O–H groups in total. The number of ketones is 1. The maximum Gasteiger partial charge on any atom is 0.178 e. The first-order valence-corrected chi connectivity index (χ1v) is 8.37. The summed E-state index contributed by atoms with van der Waals surface area (Å²) in [4.78, 5) is 15.3. The fourth-order valence-corrected chi connectivity index (χ4v) is 4.37. The molecule has 2 aromatic heterocycles. The zero-order chi connectivity index (χ0) is 12.4. The third kappa shape index (κ3) is 3.28. The van der Waals surface area contributed by atoms with Crippen LogP contribution < -0.4 is 0 Å². The molecule has 0 saturated heterocycles. The lowest BCUT2D eigenvalue weighted by Gasteiger charge is -1.94. The van der Waals surface area contributed by atoms with E-state index in [9.17, 15) is 4.79 Å². The SMILES string of the molecule is CCc1ccc(CC(=O)c2cc(Br)c(Br)s2)s1. The highest BCUT2D eigenvalue weighted by molar-refractivity contribution is 9.13. The quantitative estimate of drug-likeness (QED) is 0.642. The van der Waals surface area contributed by atoms with Crippen LogP contribution in [0.1, 0.15) is 26.3 Å². The molecule has 0 amide bonds. The van der Waals surface area contributed by atoms with Gasteiger partial charge in [-0.15, -0.1) is 22.7 Å². The van der Waals surface area contributed by atoms with Crippen LogP contribution in [-0.2, 0) is 12.8 Å². The Morgan fingerprint density at radius 3 is 2.47 bits per heavy atom. The van der Waals surface area contributed by atoms with Gasteiger partial charge in [0.05, 0.1) is 8.66 Å². The van der Waals surface area contributed by atoms with Gasteiger partial charge in [0.2, 0.25) is 0 Å². The van der Waals surface area contributed by atoms with Crippen LogP contribution in [0.15, 0.2) is 26.5 Å². The second-order valence-corrected chi connectivity index (χ2v) is 8.03. The minimum absolute atomic E-state index is 0.186. The second-order valence-electron chi connectivity index (χ2n) is 3.55. The van der Waals surface area contributed by atoms with Gasteiger partial charge in [-0.05, 0) is 56.5 Å². The molecule has 0 saturated carbocycles. The monoisotopic (exact) mass is 392 g/mol. The first kappa shape index (κ1) is 13.5. The predicted octanol–water partition coefficient (Wildman–Crippen LogP) is 5.32. The van der Waals surface area contributed by atoms with Gasteiger partial charge in [0.25, 0.3) is 0 Å². The highest BCUT2D eigenvalue weighted by Gasteiger charge is 2.13. The number of rotatable bonds is 4. The highest BCUT2D eigenvalue weighted by atomic mass is 79.9. The Bertz CT molecular complexity index is 523. The zero-order valence-corrected chi connectivity index (χ0v) is 13.9. The smallest absolute Gasteiger partial charge is 0.178 e. The van der Waals surface area contributed by atoms with Gasteiger partial charge in [0.1, 0.15) is 0 Å². The molecule has 0 radical (unpaired) electrons. The summed E-state index contributed by atoms with van der Waals surface area (Å²) >= 11 is 10.0. The second kappa shape index (κ2) is 5.78. The van der Waals surface area contributed by atoms with E-state index in [1.54, 1.807) is 11.3 Å². The number of carbonyl (C=O) groups is 1. The summed E-state index contributed by atoms with van der Waals surface area (Å²) in [5.41, 5.74) is 0. The van der Waals surface area contributed by atoms with Crippen LogP contribution in [-0.4, -0.2) is 5.78 Å². The zero-order valence-electron chi connectivity index (χ0n) is 9.13. The summed E-state index contributed by atoms with van der Waals surface area (Å²) in [6.07, 6.45) is 1.54. The van der Waals surface area contributed by atoms with E-state index in [1.807, 2.05) is 6.07 Å². The molecule has 0 spiro atoms. The number of hydrogen-bond donors (Lipinski definition) is 0. The summed E-state index contributed by atoms with van der Waals surface area (Å²) in [6.45, 7) is 2.13. The number of carbonyl (C=O) groups excluding carboxylic acids is 1. The van der Waals surface area contributed by atoms with E-state index in [0.29, 0.717) is 6.42 Å². The van der Waals surface area contributed by atoms with Gasteiger partial charge in [-0.2, -0.15) is 0 Å². The molecule has 0 aromatic carbocycles. The first-order valence-electron chi connectivity index (χ1n) is 5.15. The van der Waals surface area contributed by atoms with Crippen molar-refractivity contribution in [1.82, 2.24) is 0 Å². The van der Waals surface area contributed by atoms with Crippen LogP contribution in [0.5, 0.6) is 0 Å². The summed E-state index contributed by atoms with van der Waals surface area (Å²) < 4.78 is 1.92. The topological polar surface area (TPSA) is 17.1 Å². The molecule has 0 aliphatic rings. The molecule has 1 nitrogen and oxygen atoms in total. The number of Topliss-reactive ketones (excluding diaryl/α,β-unsaturated/α-hetero) is 1. The normalized spacial score (nSPS) is 10.8. The molecule has 0 bridgehead atoms. The van der Waals surface area contributed by atoms with Crippen molar-refractivity contribution in [1.29, 1.82) is 0 Å². The van der Waals surface area contributed by atoms with Crippen LogP contribution in [0, 0.1) is 0 Å². The van der Waals surface area contributed by atoms with E-state index in [0.717, 1.165) is 24.4 Å². The van der Waals surface area contributed by atoms with Crippen molar-refractivity contribution >= 4 is 60.3 Å². The van der Waals surface area contributed by atoms with Crippen LogP contribution >= 0.6 is 54.5 Å². The van der Waals surface area contributed by atoms with Gasteiger partial charge in [-0.25, -0.2) is 0 Å². The van der Waals surface area contributed by atoms with Crippen LogP contribution in [0.3, 0.4) is 0 Å². The minimum atomic E-state index is 0.186. The van der Waals surface area contributed by atoms with E-state index in [4.69, 9.17) is 0 Å². The van der Waals surface area contributed by atoms with E-state index in [1.165, 1.54) is 16.2 Å². The van der Waals surface area contributed by atoms with E-state index in [2.05, 4.69) is 50.9 Å². The van der Waals surface area contributed by atoms with Gasteiger partial charge in [0, 0.05) is 20.6 Å².